The maximum absolute atomic E-state index is 13.6. The van der Waals surface area contributed by atoms with Gasteiger partial charge < -0.3 is 18.9 Å². The minimum absolute atomic E-state index is 0.120. The Balaban J connectivity index is 1.50. The predicted octanol–water partition coefficient (Wildman–Crippen LogP) is 2.63. The second-order valence-corrected chi connectivity index (χ2v) is 9.39. The molecule has 0 unspecified atom stereocenters. The fourth-order valence-corrected chi connectivity index (χ4v) is 5.27. The van der Waals surface area contributed by atoms with Gasteiger partial charge in [-0.15, -0.1) is 0 Å². The Kier molecular flexibility index (Phi) is 4.48. The molecular formula is C22H29N5O3. The SMILES string of the molecule is Cc1noc(C)c1C(=O)N1C[C@]2(CCCN(CC3CC3)C2=O)C[C@@H]1c1cn(C)cn1. The molecule has 2 saturated heterocycles. The number of hydrogen-bond donors (Lipinski definition) is 0. The molecule has 1 saturated carbocycles. The zero-order chi connectivity index (χ0) is 21.0. The van der Waals surface area contributed by atoms with Crippen molar-refractivity contribution in [3.63, 3.8) is 0 Å². The third-order valence-electron chi connectivity index (χ3n) is 7.01. The summed E-state index contributed by atoms with van der Waals surface area (Å²) in [5.41, 5.74) is 1.40. The second kappa shape index (κ2) is 6.96. The third-order valence-corrected chi connectivity index (χ3v) is 7.01. The summed E-state index contributed by atoms with van der Waals surface area (Å²) >= 11 is 0. The van der Waals surface area contributed by atoms with Crippen molar-refractivity contribution in [2.45, 2.75) is 52.0 Å². The first-order valence-electron chi connectivity index (χ1n) is 10.9. The molecule has 8 heteroatoms. The highest BCUT2D eigenvalue weighted by Gasteiger charge is 2.55. The first-order chi connectivity index (χ1) is 14.4. The maximum Gasteiger partial charge on any atom is 0.259 e. The van der Waals surface area contributed by atoms with Gasteiger partial charge in [-0.25, -0.2) is 4.98 Å². The van der Waals surface area contributed by atoms with Gasteiger partial charge in [0.05, 0.1) is 29.2 Å². The molecule has 0 aromatic carbocycles. The van der Waals surface area contributed by atoms with E-state index in [4.69, 9.17) is 4.52 Å². The van der Waals surface area contributed by atoms with E-state index >= 15 is 0 Å². The van der Waals surface area contributed by atoms with Crippen LogP contribution in [-0.4, -0.2) is 56.0 Å². The molecule has 2 amide bonds. The average molecular weight is 412 g/mol. The number of imidazole rings is 1. The van der Waals surface area contributed by atoms with E-state index in [9.17, 15) is 9.59 Å². The number of nitrogens with zero attached hydrogens (tertiary/aromatic N) is 5. The Bertz CT molecular complexity index is 971. The van der Waals surface area contributed by atoms with Crippen LogP contribution >= 0.6 is 0 Å². The number of hydrogen-bond acceptors (Lipinski definition) is 5. The van der Waals surface area contributed by atoms with Crippen LogP contribution in [0.15, 0.2) is 17.0 Å². The lowest BCUT2D eigenvalue weighted by molar-refractivity contribution is -0.145. The number of piperidine rings is 1. The van der Waals surface area contributed by atoms with Crippen LogP contribution in [0, 0.1) is 25.2 Å². The highest BCUT2D eigenvalue weighted by molar-refractivity contribution is 5.97. The molecule has 160 valence electrons. The van der Waals surface area contributed by atoms with E-state index in [2.05, 4.69) is 15.0 Å². The molecule has 2 atom stereocenters. The van der Waals surface area contributed by atoms with E-state index in [-0.39, 0.29) is 17.9 Å². The zero-order valence-corrected chi connectivity index (χ0v) is 17.9. The fourth-order valence-electron chi connectivity index (χ4n) is 5.27. The molecule has 30 heavy (non-hydrogen) atoms. The maximum atomic E-state index is 13.6. The first-order valence-corrected chi connectivity index (χ1v) is 10.9. The smallest absolute Gasteiger partial charge is 0.259 e. The van der Waals surface area contributed by atoms with Crippen molar-refractivity contribution >= 4 is 11.8 Å². The summed E-state index contributed by atoms with van der Waals surface area (Å²) in [6.07, 6.45) is 8.59. The molecule has 3 aliphatic rings. The van der Waals surface area contributed by atoms with E-state index in [1.807, 2.05) is 22.7 Å². The summed E-state index contributed by atoms with van der Waals surface area (Å²) in [5, 5.41) is 3.96. The molecule has 2 aliphatic heterocycles. The van der Waals surface area contributed by atoms with E-state index in [0.29, 0.717) is 35.9 Å². The summed E-state index contributed by atoms with van der Waals surface area (Å²) in [6.45, 7) is 5.68. The lowest BCUT2D eigenvalue weighted by atomic mass is 9.76. The number of carbonyl (C=O) groups excluding carboxylic acids is 2. The standard InChI is InChI=1S/C22H29N5O3/c1-14-19(15(2)30-24-14)20(28)27-12-22(9-18(27)17-11-25(3)13-23-17)7-4-8-26(21(22)29)10-16-5-6-16/h11,13,16,18H,4-10,12H2,1-3H3/t18-,22+/m1/s1. The Morgan fingerprint density at radius 2 is 2.13 bits per heavy atom. The predicted molar refractivity (Wildman–Crippen MR) is 109 cm³/mol. The first kappa shape index (κ1) is 19.3. The molecule has 0 radical (unpaired) electrons. The Hall–Kier alpha value is -2.64. The third kappa shape index (κ3) is 3.13. The highest BCUT2D eigenvalue weighted by Crippen LogP contribution is 2.49. The van der Waals surface area contributed by atoms with Crippen LogP contribution in [0.2, 0.25) is 0 Å². The quantitative estimate of drug-likeness (QED) is 0.772. The van der Waals surface area contributed by atoms with Gasteiger partial charge in [-0.1, -0.05) is 5.16 Å². The Labute approximate surface area is 176 Å². The topological polar surface area (TPSA) is 84.5 Å². The molecule has 3 fully saturated rings. The van der Waals surface area contributed by atoms with Gasteiger partial charge in [0.1, 0.15) is 11.3 Å². The van der Waals surface area contributed by atoms with E-state index < -0.39 is 5.41 Å². The van der Waals surface area contributed by atoms with E-state index in [1.54, 1.807) is 20.2 Å². The summed E-state index contributed by atoms with van der Waals surface area (Å²) in [7, 11) is 1.92. The normalized spacial score (nSPS) is 26.8. The molecule has 5 rings (SSSR count). The van der Waals surface area contributed by atoms with Crippen molar-refractivity contribution in [3.8, 4) is 0 Å². The number of rotatable bonds is 4. The van der Waals surface area contributed by atoms with Crippen molar-refractivity contribution in [1.29, 1.82) is 0 Å². The summed E-state index contributed by atoms with van der Waals surface area (Å²) in [4.78, 5) is 35.7. The minimum atomic E-state index is -0.524. The van der Waals surface area contributed by atoms with Gasteiger partial charge in [-0.2, -0.15) is 0 Å². The number of amides is 2. The van der Waals surface area contributed by atoms with Crippen LogP contribution in [0.1, 0.15) is 65.7 Å². The highest BCUT2D eigenvalue weighted by atomic mass is 16.5. The molecule has 2 aromatic rings. The van der Waals surface area contributed by atoms with Gasteiger partial charge in [0.25, 0.3) is 5.91 Å². The van der Waals surface area contributed by atoms with Crippen molar-refractivity contribution in [1.82, 2.24) is 24.5 Å². The summed E-state index contributed by atoms with van der Waals surface area (Å²) < 4.78 is 7.14. The van der Waals surface area contributed by atoms with Gasteiger partial charge in [0.15, 0.2) is 0 Å². The molecule has 4 heterocycles. The summed E-state index contributed by atoms with van der Waals surface area (Å²) in [6, 6.07) is -0.225. The number of aromatic nitrogens is 3. The molecule has 2 aromatic heterocycles. The Morgan fingerprint density at radius 3 is 2.77 bits per heavy atom. The average Bonchev–Trinajstić information content (AvgIpc) is 3.13. The van der Waals surface area contributed by atoms with E-state index in [1.165, 1.54) is 12.8 Å². The van der Waals surface area contributed by atoms with Gasteiger partial charge in [0.2, 0.25) is 5.91 Å². The van der Waals surface area contributed by atoms with Gasteiger partial charge in [0, 0.05) is 32.9 Å². The molecule has 0 bridgehead atoms. The van der Waals surface area contributed by atoms with Crippen LogP contribution in [0.3, 0.4) is 0 Å². The van der Waals surface area contributed by atoms with Crippen molar-refractivity contribution in [3.05, 3.63) is 35.2 Å². The lowest BCUT2D eigenvalue weighted by Gasteiger charge is -2.39. The van der Waals surface area contributed by atoms with Crippen LogP contribution in [0.25, 0.3) is 0 Å². The number of likely N-dealkylation sites (tertiary alicyclic amines) is 2. The molecule has 1 aliphatic carbocycles. The number of aryl methyl sites for hydroxylation is 3. The monoisotopic (exact) mass is 411 g/mol. The largest absolute Gasteiger partial charge is 0.361 e. The van der Waals surface area contributed by atoms with Crippen molar-refractivity contribution in [2.24, 2.45) is 18.4 Å². The molecule has 8 nitrogen and oxygen atoms in total. The summed E-state index contributed by atoms with van der Waals surface area (Å²) in [5.74, 6) is 1.28. The minimum Gasteiger partial charge on any atom is -0.361 e. The molecule has 1 spiro atoms. The van der Waals surface area contributed by atoms with Gasteiger partial charge >= 0.3 is 0 Å². The molecular weight excluding hydrogens is 382 g/mol. The molecule has 0 N–H and O–H groups in total. The zero-order valence-electron chi connectivity index (χ0n) is 17.9. The van der Waals surface area contributed by atoms with Crippen LogP contribution in [0.4, 0.5) is 0 Å². The van der Waals surface area contributed by atoms with Crippen LogP contribution < -0.4 is 0 Å². The van der Waals surface area contributed by atoms with Crippen LogP contribution in [-0.2, 0) is 11.8 Å². The van der Waals surface area contributed by atoms with Crippen molar-refractivity contribution in [2.75, 3.05) is 19.6 Å². The Morgan fingerprint density at radius 1 is 1.33 bits per heavy atom. The second-order valence-electron chi connectivity index (χ2n) is 9.39. The lowest BCUT2D eigenvalue weighted by Crippen LogP contribution is -2.51. The van der Waals surface area contributed by atoms with E-state index in [0.717, 1.165) is 31.6 Å². The van der Waals surface area contributed by atoms with Gasteiger partial charge in [-0.05, 0) is 51.9 Å². The number of carbonyl (C=O) groups is 2. The van der Waals surface area contributed by atoms with Gasteiger partial charge in [-0.3, -0.25) is 9.59 Å². The van der Waals surface area contributed by atoms with Crippen molar-refractivity contribution < 1.29 is 14.1 Å². The van der Waals surface area contributed by atoms with Crippen LogP contribution in [0.5, 0.6) is 0 Å². The fraction of sp³-hybridized carbons (Fsp3) is 0.636.